The molecule has 0 heterocycles. The van der Waals surface area contributed by atoms with Gasteiger partial charge in [0.05, 0.1) is 0 Å². The molecule has 0 aromatic rings. The van der Waals surface area contributed by atoms with E-state index in [4.69, 9.17) is 9.59 Å². The molecular formula is C54H90N6O6. The van der Waals surface area contributed by atoms with Gasteiger partial charge in [-0.05, 0) is 223 Å². The standard InChI is InChI=1S/3C10H16.2C9H16N2O2.2C3H5NO/c3*1-2-9-7-4-5-8(6-7)10(9)3-1;2*1-5-10-9(13)11(6-2)8(12)7(3)4;2*1-2-4-3-5/h3*7-10H,1-6H2;2*3,5-6H2,1-2,4H3,(H,10,13);2*2H2,1H3. The molecule has 0 aromatic carbocycles. The number of nitrogens with zero attached hydrogens (tertiary/aromatic N) is 4. The SMILES string of the molecule is C1CC2C3CCC(C3)C2C1.C1CC2C3CCC(C3)C2C1.C1CC2C3CCC(C3)C2C1.C=C(C)C(=O)N(CC)C(=O)NCC.C=C(C)C(=O)N(CC)C(=O)NCC.CCN=C=O.CCN=C=O. The number of imide groups is 2. The Morgan fingerprint density at radius 2 is 0.712 bits per heavy atom. The van der Waals surface area contributed by atoms with Crippen LogP contribution in [0, 0.1) is 71.0 Å². The number of carbonyl (C=O) groups excluding carboxylic acids is 6. The van der Waals surface area contributed by atoms with Crippen LogP contribution in [-0.4, -0.2) is 85.1 Å². The summed E-state index contributed by atoms with van der Waals surface area (Å²) >= 11 is 0. The van der Waals surface area contributed by atoms with Crippen LogP contribution in [0.25, 0.3) is 0 Å². The van der Waals surface area contributed by atoms with E-state index in [9.17, 15) is 19.2 Å². The third-order valence-corrected chi connectivity index (χ3v) is 16.5. The number of fused-ring (bicyclic) bond motifs is 15. The lowest BCUT2D eigenvalue weighted by molar-refractivity contribution is -0.125. The molecule has 12 atom stereocenters. The monoisotopic (exact) mass is 919 g/mol. The summed E-state index contributed by atoms with van der Waals surface area (Å²) < 4.78 is 0. The molecule has 12 heteroatoms. The molecule has 2 N–H and O–H groups in total. The Kier molecular flexibility index (Phi) is 25.5. The summed E-state index contributed by atoms with van der Waals surface area (Å²) in [6.07, 6.45) is 31.4. The number of aliphatic imine (C=N–C) groups is 2. The number of nitrogens with one attached hydrogen (secondary N) is 2. The predicted octanol–water partition coefficient (Wildman–Crippen LogP) is 11.5. The first-order valence-corrected chi connectivity index (χ1v) is 26.3. The fourth-order valence-electron chi connectivity index (χ4n) is 13.9. The van der Waals surface area contributed by atoms with Crippen molar-refractivity contribution in [3.8, 4) is 0 Å². The molecular weight excluding hydrogens is 829 g/mol. The van der Waals surface area contributed by atoms with E-state index in [0.29, 0.717) is 50.4 Å². The van der Waals surface area contributed by atoms with Crippen molar-refractivity contribution in [1.29, 1.82) is 0 Å². The van der Waals surface area contributed by atoms with E-state index in [1.165, 1.54) is 83.2 Å². The topological polar surface area (TPSA) is 158 Å². The fourth-order valence-corrected chi connectivity index (χ4v) is 13.9. The molecule has 6 amide bonds. The van der Waals surface area contributed by atoms with Gasteiger partial charge in [-0.1, -0.05) is 32.4 Å². The third kappa shape index (κ3) is 15.9. The quantitative estimate of drug-likeness (QED) is 0.140. The zero-order valence-electron chi connectivity index (χ0n) is 42.6. The molecule has 12 nitrogen and oxygen atoms in total. The Bertz CT molecular complexity index is 1470. The lowest BCUT2D eigenvalue weighted by Gasteiger charge is -2.23. The average Bonchev–Trinajstić information content (AvgIpc) is 4.16. The van der Waals surface area contributed by atoms with Crippen LogP contribution in [0.1, 0.15) is 171 Å². The van der Waals surface area contributed by atoms with Gasteiger partial charge >= 0.3 is 12.1 Å². The molecule has 0 radical (unpaired) electrons. The highest BCUT2D eigenvalue weighted by Crippen LogP contribution is 2.60. The van der Waals surface area contributed by atoms with Gasteiger partial charge in [0.1, 0.15) is 0 Å². The second-order valence-electron chi connectivity index (χ2n) is 20.2. The minimum absolute atomic E-state index is 0.326. The van der Waals surface area contributed by atoms with Crippen LogP contribution in [0.2, 0.25) is 0 Å². The highest BCUT2D eigenvalue weighted by Gasteiger charge is 2.50. The molecule has 0 spiro atoms. The van der Waals surface area contributed by atoms with Gasteiger partial charge in [0.25, 0.3) is 11.8 Å². The second kappa shape index (κ2) is 29.8. The van der Waals surface area contributed by atoms with Gasteiger partial charge < -0.3 is 10.6 Å². The maximum atomic E-state index is 11.4. The van der Waals surface area contributed by atoms with Crippen molar-refractivity contribution < 1.29 is 28.8 Å². The van der Waals surface area contributed by atoms with Crippen molar-refractivity contribution in [1.82, 2.24) is 20.4 Å². The fraction of sp³-hybridized carbons (Fsp3) is 0.815. The molecule has 9 saturated carbocycles. The van der Waals surface area contributed by atoms with Crippen molar-refractivity contribution in [2.45, 2.75) is 171 Å². The molecule has 9 rings (SSSR count). The van der Waals surface area contributed by atoms with Crippen molar-refractivity contribution in [3.05, 3.63) is 24.3 Å². The van der Waals surface area contributed by atoms with Gasteiger partial charge in [0, 0.05) is 50.4 Å². The smallest absolute Gasteiger partial charge is 0.324 e. The number of hydrogen-bond acceptors (Lipinski definition) is 8. The molecule has 0 saturated heterocycles. The third-order valence-electron chi connectivity index (χ3n) is 16.5. The minimum Gasteiger partial charge on any atom is -0.338 e. The van der Waals surface area contributed by atoms with Gasteiger partial charge in [-0.3, -0.25) is 19.4 Å². The largest absolute Gasteiger partial charge is 0.338 e. The number of likely N-dealkylation sites (N-methyl/N-ethyl adjacent to an activating group) is 2. The van der Waals surface area contributed by atoms with E-state index in [2.05, 4.69) is 33.8 Å². The number of hydrogen-bond donors (Lipinski definition) is 2. The van der Waals surface area contributed by atoms with Crippen molar-refractivity contribution in [2.75, 3.05) is 39.3 Å². The van der Waals surface area contributed by atoms with Crippen molar-refractivity contribution >= 4 is 36.0 Å². The molecule has 0 aliphatic heterocycles. The average molecular weight is 919 g/mol. The van der Waals surface area contributed by atoms with Gasteiger partial charge in [-0.25, -0.2) is 29.2 Å². The minimum atomic E-state index is -0.363. The summed E-state index contributed by atoms with van der Waals surface area (Å²) in [5.41, 5.74) is 0.737. The van der Waals surface area contributed by atoms with Crippen LogP contribution in [0.3, 0.4) is 0 Å². The van der Waals surface area contributed by atoms with Crippen LogP contribution in [0.5, 0.6) is 0 Å². The van der Waals surface area contributed by atoms with Gasteiger partial charge in [-0.15, -0.1) is 0 Å². The van der Waals surface area contributed by atoms with Gasteiger partial charge in [0.15, 0.2) is 0 Å². The van der Waals surface area contributed by atoms with Crippen molar-refractivity contribution in [3.63, 3.8) is 0 Å². The van der Waals surface area contributed by atoms with Crippen LogP contribution >= 0.6 is 0 Å². The summed E-state index contributed by atoms with van der Waals surface area (Å²) in [4.78, 5) is 72.1. The maximum absolute atomic E-state index is 11.4. The number of isocyanates is 2. The van der Waals surface area contributed by atoms with E-state index in [1.807, 2.05) is 0 Å². The van der Waals surface area contributed by atoms with E-state index >= 15 is 0 Å². The Hall–Kier alpha value is -3.88. The lowest BCUT2D eigenvalue weighted by atomic mass is 9.82. The first kappa shape index (κ1) is 56.4. The first-order chi connectivity index (χ1) is 31.8. The van der Waals surface area contributed by atoms with Gasteiger partial charge in [0.2, 0.25) is 12.2 Å². The molecule has 9 aliphatic carbocycles. The molecule has 9 fully saturated rings. The van der Waals surface area contributed by atoms with Crippen molar-refractivity contribution in [2.24, 2.45) is 81.0 Å². The molecule has 6 bridgehead atoms. The Morgan fingerprint density at radius 1 is 0.470 bits per heavy atom. The summed E-state index contributed by atoms with van der Waals surface area (Å²) in [6, 6.07) is -0.726. The van der Waals surface area contributed by atoms with Gasteiger partial charge in [-0.2, -0.15) is 0 Å². The highest BCUT2D eigenvalue weighted by molar-refractivity contribution is 6.03. The zero-order chi connectivity index (χ0) is 48.8. The van der Waals surface area contributed by atoms with E-state index < -0.39 is 0 Å². The summed E-state index contributed by atoms with van der Waals surface area (Å²) in [5, 5.41) is 5.11. The summed E-state index contributed by atoms with van der Waals surface area (Å²) in [7, 11) is 0. The molecule has 12 unspecified atom stereocenters. The molecule has 0 aromatic heterocycles. The van der Waals surface area contributed by atoms with Crippen LogP contribution in [0.15, 0.2) is 34.3 Å². The van der Waals surface area contributed by atoms with Crippen LogP contribution in [0.4, 0.5) is 9.59 Å². The maximum Gasteiger partial charge on any atom is 0.324 e. The number of amides is 6. The number of urea groups is 2. The van der Waals surface area contributed by atoms with Crippen LogP contribution < -0.4 is 10.6 Å². The van der Waals surface area contributed by atoms with E-state index in [0.717, 1.165) is 9.80 Å². The second-order valence-corrected chi connectivity index (χ2v) is 20.2. The van der Waals surface area contributed by atoms with Crippen LogP contribution in [-0.2, 0) is 19.2 Å². The molecule has 66 heavy (non-hydrogen) atoms. The normalized spacial score (nSPS) is 30.7. The first-order valence-electron chi connectivity index (χ1n) is 26.3. The Labute approximate surface area is 399 Å². The Balaban J connectivity index is 0.000000209. The lowest BCUT2D eigenvalue weighted by Crippen LogP contribution is -2.43. The highest BCUT2D eigenvalue weighted by atomic mass is 16.2. The molecule has 372 valence electrons. The summed E-state index contributed by atoms with van der Waals surface area (Å²) in [5.74, 6) is 13.7. The number of rotatable bonds is 8. The predicted molar refractivity (Wildman–Crippen MR) is 265 cm³/mol. The van der Waals surface area contributed by atoms with E-state index in [1.54, 1.807) is 171 Å². The number of carbonyl (C=O) groups is 4. The zero-order valence-corrected chi connectivity index (χ0v) is 42.6. The van der Waals surface area contributed by atoms with E-state index in [-0.39, 0.29) is 23.9 Å². The Morgan fingerprint density at radius 3 is 0.864 bits per heavy atom. The summed E-state index contributed by atoms with van der Waals surface area (Å²) in [6.45, 7) is 23.7. The molecule has 9 aliphatic rings.